The molecule has 2 aromatic heterocycles. The van der Waals surface area contributed by atoms with E-state index >= 15 is 0 Å². The zero-order valence-electron chi connectivity index (χ0n) is 15.8. The highest BCUT2D eigenvalue weighted by atomic mass is 35.5. The maximum atomic E-state index is 13.1. The number of sulfonamides is 1. The van der Waals surface area contributed by atoms with Crippen LogP contribution >= 0.6 is 57.5 Å². The molecule has 1 N–H and O–H groups in total. The lowest BCUT2D eigenvalue weighted by Gasteiger charge is -2.32. The third-order valence-electron chi connectivity index (χ3n) is 4.81. The fraction of sp³-hybridized carbons (Fsp3) is 0.263. The van der Waals surface area contributed by atoms with Crippen LogP contribution < -0.4 is 5.32 Å². The molecule has 164 valence electrons. The minimum atomic E-state index is -3.82. The second-order valence-corrected chi connectivity index (χ2v) is 12.4. The van der Waals surface area contributed by atoms with E-state index in [2.05, 4.69) is 10.3 Å². The second kappa shape index (κ2) is 9.35. The molecule has 0 aliphatic carbocycles. The van der Waals surface area contributed by atoms with Gasteiger partial charge >= 0.3 is 0 Å². The molecule has 1 unspecified atom stereocenters. The smallest absolute Gasteiger partial charge is 0.253 e. The summed E-state index contributed by atoms with van der Waals surface area (Å²) >= 11 is 20.3. The Labute approximate surface area is 202 Å². The Morgan fingerprint density at radius 3 is 2.68 bits per heavy atom. The first-order chi connectivity index (χ1) is 14.8. The van der Waals surface area contributed by atoms with Crippen molar-refractivity contribution < 1.29 is 13.2 Å². The van der Waals surface area contributed by atoms with Crippen LogP contribution in [0.2, 0.25) is 14.4 Å². The molecule has 1 aromatic carbocycles. The largest absolute Gasteiger partial charge is 0.301 e. The number of nitrogens with zero attached hydrogens (tertiary/aromatic N) is 2. The molecule has 3 heterocycles. The molecular formula is C19H16Cl3N3O3S3. The fourth-order valence-corrected chi connectivity index (χ4v) is 7.83. The number of amides is 1. The minimum absolute atomic E-state index is 0.131. The Kier molecular flexibility index (Phi) is 6.93. The molecule has 3 aromatic rings. The number of hydrogen-bond acceptors (Lipinski definition) is 6. The van der Waals surface area contributed by atoms with Crippen LogP contribution in [0.1, 0.15) is 19.3 Å². The number of aromatic nitrogens is 1. The molecule has 0 spiro atoms. The third-order valence-corrected chi connectivity index (χ3v) is 9.72. The Balaban J connectivity index is 1.54. The van der Waals surface area contributed by atoms with E-state index in [1.165, 1.54) is 27.8 Å². The highest BCUT2D eigenvalue weighted by molar-refractivity contribution is 7.91. The summed E-state index contributed by atoms with van der Waals surface area (Å²) in [6, 6.07) is 7.28. The normalized spacial score (nSPS) is 17.6. The molecule has 0 saturated carbocycles. The van der Waals surface area contributed by atoms with Crippen LogP contribution in [0, 0.1) is 0 Å². The topological polar surface area (TPSA) is 79.4 Å². The van der Waals surface area contributed by atoms with Gasteiger partial charge in [-0.15, -0.1) is 22.7 Å². The van der Waals surface area contributed by atoms with Gasteiger partial charge in [0.25, 0.3) is 10.0 Å². The van der Waals surface area contributed by atoms with Gasteiger partial charge < -0.3 is 5.32 Å². The first-order valence-electron chi connectivity index (χ1n) is 9.25. The molecule has 0 radical (unpaired) electrons. The lowest BCUT2D eigenvalue weighted by molar-refractivity contribution is -0.120. The van der Waals surface area contributed by atoms with Gasteiger partial charge in [-0.05, 0) is 43.2 Å². The van der Waals surface area contributed by atoms with Crippen LogP contribution in [0.5, 0.6) is 0 Å². The summed E-state index contributed by atoms with van der Waals surface area (Å²) in [4.78, 5) is 17.4. The molecular weight excluding hydrogens is 521 g/mol. The number of hydrogen-bond donors (Lipinski definition) is 1. The predicted octanol–water partition coefficient (Wildman–Crippen LogP) is 6.01. The minimum Gasteiger partial charge on any atom is -0.301 e. The van der Waals surface area contributed by atoms with Gasteiger partial charge in [0.2, 0.25) is 5.91 Å². The van der Waals surface area contributed by atoms with Crippen molar-refractivity contribution in [2.75, 3.05) is 11.9 Å². The van der Waals surface area contributed by atoms with Gasteiger partial charge in [0.1, 0.15) is 10.3 Å². The number of thiophene rings is 1. The van der Waals surface area contributed by atoms with E-state index in [9.17, 15) is 13.2 Å². The zero-order valence-corrected chi connectivity index (χ0v) is 20.6. The summed E-state index contributed by atoms with van der Waals surface area (Å²) in [5.74, 6) is -0.408. The molecule has 4 rings (SSSR count). The van der Waals surface area contributed by atoms with Gasteiger partial charge in [-0.25, -0.2) is 13.4 Å². The predicted molar refractivity (Wildman–Crippen MR) is 127 cm³/mol. The Bertz CT molecular complexity index is 1230. The van der Waals surface area contributed by atoms with Crippen LogP contribution in [-0.2, 0) is 14.8 Å². The second-order valence-electron chi connectivity index (χ2n) is 6.84. The number of rotatable bonds is 5. The summed E-state index contributed by atoms with van der Waals surface area (Å²) in [5, 5.41) is 5.87. The number of anilines is 1. The van der Waals surface area contributed by atoms with Crippen LogP contribution in [0.3, 0.4) is 0 Å². The number of carbonyl (C=O) groups excluding carboxylic acids is 1. The number of benzene rings is 1. The van der Waals surface area contributed by atoms with Crippen LogP contribution in [0.4, 0.5) is 5.13 Å². The van der Waals surface area contributed by atoms with Gasteiger partial charge in [-0.2, -0.15) is 4.31 Å². The number of halogens is 3. The number of thiazole rings is 1. The monoisotopic (exact) mass is 535 g/mol. The van der Waals surface area contributed by atoms with Crippen molar-refractivity contribution in [1.29, 1.82) is 0 Å². The van der Waals surface area contributed by atoms with Crippen molar-refractivity contribution in [1.82, 2.24) is 9.29 Å². The first kappa shape index (κ1) is 23.0. The summed E-state index contributed by atoms with van der Waals surface area (Å²) < 4.78 is 27.9. The highest BCUT2D eigenvalue weighted by Crippen LogP contribution is 2.34. The maximum absolute atomic E-state index is 13.1. The van der Waals surface area contributed by atoms with Gasteiger partial charge in [0, 0.05) is 22.5 Å². The van der Waals surface area contributed by atoms with E-state index in [0.29, 0.717) is 43.6 Å². The van der Waals surface area contributed by atoms with Crippen molar-refractivity contribution in [3.8, 4) is 11.3 Å². The van der Waals surface area contributed by atoms with Crippen molar-refractivity contribution in [3.05, 3.63) is 50.1 Å². The first-order valence-corrected chi connectivity index (χ1v) is 13.5. The number of carbonyl (C=O) groups is 1. The summed E-state index contributed by atoms with van der Waals surface area (Å²) in [7, 11) is -3.82. The van der Waals surface area contributed by atoms with Crippen molar-refractivity contribution in [2.45, 2.75) is 29.5 Å². The maximum Gasteiger partial charge on any atom is 0.253 e. The standard InChI is InChI=1S/C19H16Cl3N3O3S3/c20-11-4-5-12(13(21)9-11)14-10-29-19(23-14)24-18(26)15-3-1-2-8-25(15)31(27,28)17-7-6-16(22)30-17/h4-7,9-10,15H,1-3,8H2,(H,23,24,26). The van der Waals surface area contributed by atoms with E-state index in [0.717, 1.165) is 17.8 Å². The molecule has 1 fully saturated rings. The van der Waals surface area contributed by atoms with Crippen molar-refractivity contribution in [3.63, 3.8) is 0 Å². The average molecular weight is 537 g/mol. The van der Waals surface area contributed by atoms with Crippen LogP contribution in [0.15, 0.2) is 39.9 Å². The molecule has 1 atom stereocenters. The lowest BCUT2D eigenvalue weighted by Crippen LogP contribution is -2.49. The number of nitrogens with one attached hydrogen (secondary N) is 1. The van der Waals surface area contributed by atoms with E-state index < -0.39 is 22.0 Å². The quantitative estimate of drug-likeness (QED) is 0.433. The molecule has 6 nitrogen and oxygen atoms in total. The zero-order chi connectivity index (χ0) is 22.2. The SMILES string of the molecule is O=C(Nc1nc(-c2ccc(Cl)cc2Cl)cs1)C1CCCCN1S(=O)(=O)c1ccc(Cl)s1. The van der Waals surface area contributed by atoms with Gasteiger partial charge in [0.05, 0.1) is 15.1 Å². The lowest BCUT2D eigenvalue weighted by atomic mass is 10.0. The van der Waals surface area contributed by atoms with Gasteiger partial charge in [0.15, 0.2) is 5.13 Å². The molecule has 31 heavy (non-hydrogen) atoms. The van der Waals surface area contributed by atoms with E-state index in [4.69, 9.17) is 34.8 Å². The van der Waals surface area contributed by atoms with E-state index in [1.54, 1.807) is 23.6 Å². The average Bonchev–Trinajstić information content (AvgIpc) is 3.37. The molecule has 1 aliphatic rings. The molecule has 1 aliphatic heterocycles. The van der Waals surface area contributed by atoms with E-state index in [-0.39, 0.29) is 10.8 Å². The third kappa shape index (κ3) is 4.93. The van der Waals surface area contributed by atoms with E-state index in [1.807, 2.05) is 0 Å². The molecule has 12 heteroatoms. The fourth-order valence-electron chi connectivity index (χ4n) is 3.35. The molecule has 1 saturated heterocycles. The number of piperidine rings is 1. The molecule has 0 bridgehead atoms. The molecule has 1 amide bonds. The summed E-state index contributed by atoms with van der Waals surface area (Å²) in [6.07, 6.45) is 1.89. The Morgan fingerprint density at radius 1 is 1.16 bits per heavy atom. The van der Waals surface area contributed by atoms with Crippen LogP contribution in [-0.4, -0.2) is 36.2 Å². The summed E-state index contributed by atoms with van der Waals surface area (Å²) in [5.41, 5.74) is 1.29. The van der Waals surface area contributed by atoms with Crippen LogP contribution in [0.25, 0.3) is 11.3 Å². The van der Waals surface area contributed by atoms with Crippen molar-refractivity contribution in [2.24, 2.45) is 0 Å². The highest BCUT2D eigenvalue weighted by Gasteiger charge is 2.38. The van der Waals surface area contributed by atoms with Crippen molar-refractivity contribution >= 4 is 78.5 Å². The Hall–Kier alpha value is -1.20. The van der Waals surface area contributed by atoms with Gasteiger partial charge in [-0.3, -0.25) is 4.79 Å². The van der Waals surface area contributed by atoms with Gasteiger partial charge in [-0.1, -0.05) is 41.2 Å². The Morgan fingerprint density at radius 2 is 1.97 bits per heavy atom. The summed E-state index contributed by atoms with van der Waals surface area (Å²) in [6.45, 7) is 0.277.